The minimum atomic E-state index is 0.743. The van der Waals surface area contributed by atoms with Crippen molar-refractivity contribution < 1.29 is 4.42 Å². The number of benzene rings is 1. The van der Waals surface area contributed by atoms with Crippen molar-refractivity contribution in [1.29, 1.82) is 0 Å². The van der Waals surface area contributed by atoms with Gasteiger partial charge in [0.1, 0.15) is 0 Å². The molecule has 1 N–H and O–H groups in total. The number of oxazole rings is 1. The second-order valence-corrected chi connectivity index (χ2v) is 5.79. The quantitative estimate of drug-likeness (QED) is 0.917. The zero-order valence-electron chi connectivity index (χ0n) is 12.6. The lowest BCUT2D eigenvalue weighted by Crippen LogP contribution is -2.38. The fourth-order valence-electron chi connectivity index (χ4n) is 3.06. The van der Waals surface area contributed by atoms with Crippen LogP contribution in [0.5, 0.6) is 0 Å². The Morgan fingerprint density at radius 1 is 1.33 bits per heavy atom. The smallest absolute Gasteiger partial charge is 0.209 e. The third kappa shape index (κ3) is 3.71. The number of aromatic nitrogens is 1. The lowest BCUT2D eigenvalue weighted by molar-refractivity contribution is 0.154. The molecular formula is C17H23N3O. The number of hydrogen-bond acceptors (Lipinski definition) is 4. The van der Waals surface area contributed by atoms with E-state index in [1.54, 1.807) is 0 Å². The summed E-state index contributed by atoms with van der Waals surface area (Å²) in [5.41, 5.74) is 1.09. The number of likely N-dealkylation sites (tertiary alicyclic amines) is 1. The van der Waals surface area contributed by atoms with E-state index < -0.39 is 0 Å². The van der Waals surface area contributed by atoms with Crippen LogP contribution in [-0.2, 0) is 6.54 Å². The Labute approximate surface area is 126 Å². The Bertz CT molecular complexity index is 550. The van der Waals surface area contributed by atoms with Crippen molar-refractivity contribution in [3.8, 4) is 11.3 Å². The highest BCUT2D eigenvalue weighted by atomic mass is 16.4. The Balaban J connectivity index is 1.62. The van der Waals surface area contributed by atoms with Gasteiger partial charge in [0, 0.05) is 12.1 Å². The Morgan fingerprint density at radius 3 is 3.00 bits per heavy atom. The Morgan fingerprint density at radius 2 is 2.19 bits per heavy atom. The number of nitrogens with zero attached hydrogens (tertiary/aromatic N) is 2. The van der Waals surface area contributed by atoms with Crippen LogP contribution in [0.1, 0.15) is 18.7 Å². The molecule has 1 aromatic heterocycles. The van der Waals surface area contributed by atoms with Crippen molar-refractivity contribution in [2.45, 2.75) is 19.4 Å². The first kappa shape index (κ1) is 14.3. The molecular weight excluding hydrogens is 262 g/mol. The molecule has 21 heavy (non-hydrogen) atoms. The molecule has 0 amide bonds. The van der Waals surface area contributed by atoms with Crippen LogP contribution in [0, 0.1) is 5.92 Å². The number of hydrogen-bond donors (Lipinski definition) is 1. The van der Waals surface area contributed by atoms with Gasteiger partial charge in [-0.3, -0.25) is 4.90 Å². The molecule has 1 unspecified atom stereocenters. The average Bonchev–Trinajstić information content (AvgIpc) is 2.97. The third-order valence-electron chi connectivity index (χ3n) is 4.07. The fourth-order valence-corrected chi connectivity index (χ4v) is 3.06. The number of piperidine rings is 1. The van der Waals surface area contributed by atoms with Crippen LogP contribution in [0.2, 0.25) is 0 Å². The zero-order valence-corrected chi connectivity index (χ0v) is 12.6. The van der Waals surface area contributed by atoms with Crippen LogP contribution in [-0.4, -0.2) is 36.6 Å². The van der Waals surface area contributed by atoms with Crippen molar-refractivity contribution in [3.63, 3.8) is 0 Å². The van der Waals surface area contributed by atoms with Crippen molar-refractivity contribution in [3.05, 3.63) is 42.4 Å². The SMILES string of the molecule is CNCC1CCCN(Cc2ncc(-c3ccccc3)o2)C1. The predicted octanol–water partition coefficient (Wildman–Crippen LogP) is 2.77. The molecule has 3 rings (SSSR count). The van der Waals surface area contributed by atoms with Gasteiger partial charge in [0.05, 0.1) is 12.7 Å². The van der Waals surface area contributed by atoms with Gasteiger partial charge in [-0.1, -0.05) is 30.3 Å². The molecule has 1 aliphatic rings. The summed E-state index contributed by atoms with van der Waals surface area (Å²) in [5, 5.41) is 3.28. The lowest BCUT2D eigenvalue weighted by atomic mass is 9.98. The highest BCUT2D eigenvalue weighted by Crippen LogP contribution is 2.22. The molecule has 1 atom stereocenters. The van der Waals surface area contributed by atoms with E-state index in [-0.39, 0.29) is 0 Å². The number of nitrogens with one attached hydrogen (secondary N) is 1. The topological polar surface area (TPSA) is 41.3 Å². The molecule has 2 aromatic rings. The molecule has 2 heterocycles. The van der Waals surface area contributed by atoms with Crippen molar-refractivity contribution >= 4 is 0 Å². The largest absolute Gasteiger partial charge is 0.439 e. The summed E-state index contributed by atoms with van der Waals surface area (Å²) in [5.74, 6) is 2.42. The molecule has 4 nitrogen and oxygen atoms in total. The van der Waals surface area contributed by atoms with Gasteiger partial charge in [-0.2, -0.15) is 0 Å². The maximum Gasteiger partial charge on any atom is 0.209 e. The normalized spacial score (nSPS) is 19.8. The van der Waals surface area contributed by atoms with Gasteiger partial charge in [0.15, 0.2) is 5.76 Å². The van der Waals surface area contributed by atoms with Gasteiger partial charge in [0.25, 0.3) is 0 Å². The molecule has 0 bridgehead atoms. The minimum absolute atomic E-state index is 0.743. The summed E-state index contributed by atoms with van der Waals surface area (Å²) in [6, 6.07) is 10.1. The Hall–Kier alpha value is -1.65. The van der Waals surface area contributed by atoms with E-state index in [1.807, 2.05) is 43.6 Å². The van der Waals surface area contributed by atoms with Crippen LogP contribution in [0.25, 0.3) is 11.3 Å². The summed E-state index contributed by atoms with van der Waals surface area (Å²) in [6.45, 7) is 4.18. The second kappa shape index (κ2) is 6.87. The van der Waals surface area contributed by atoms with Crippen LogP contribution in [0.3, 0.4) is 0 Å². The molecule has 1 aliphatic heterocycles. The fraction of sp³-hybridized carbons (Fsp3) is 0.471. The highest BCUT2D eigenvalue weighted by Gasteiger charge is 2.20. The van der Waals surface area contributed by atoms with Gasteiger partial charge in [-0.05, 0) is 38.9 Å². The van der Waals surface area contributed by atoms with Crippen molar-refractivity contribution in [2.24, 2.45) is 5.92 Å². The summed E-state index contributed by atoms with van der Waals surface area (Å²) in [6.07, 6.45) is 4.41. The molecule has 1 aromatic carbocycles. The van der Waals surface area contributed by atoms with Crippen LogP contribution in [0.15, 0.2) is 40.9 Å². The molecule has 1 fully saturated rings. The van der Waals surface area contributed by atoms with Gasteiger partial charge in [-0.25, -0.2) is 4.98 Å². The van der Waals surface area contributed by atoms with E-state index in [2.05, 4.69) is 15.2 Å². The lowest BCUT2D eigenvalue weighted by Gasteiger charge is -2.31. The predicted molar refractivity (Wildman–Crippen MR) is 83.9 cm³/mol. The van der Waals surface area contributed by atoms with E-state index >= 15 is 0 Å². The maximum atomic E-state index is 5.90. The number of rotatable bonds is 5. The summed E-state index contributed by atoms with van der Waals surface area (Å²) in [4.78, 5) is 6.88. The van der Waals surface area contributed by atoms with Gasteiger partial charge < -0.3 is 9.73 Å². The first-order chi connectivity index (χ1) is 10.3. The second-order valence-electron chi connectivity index (χ2n) is 5.79. The first-order valence-electron chi connectivity index (χ1n) is 7.72. The van der Waals surface area contributed by atoms with Gasteiger partial charge in [0.2, 0.25) is 5.89 Å². The molecule has 0 spiro atoms. The van der Waals surface area contributed by atoms with Crippen LogP contribution in [0.4, 0.5) is 0 Å². The van der Waals surface area contributed by atoms with Crippen molar-refractivity contribution in [1.82, 2.24) is 15.2 Å². The Kier molecular flexibility index (Phi) is 4.68. The highest BCUT2D eigenvalue weighted by molar-refractivity contribution is 5.55. The van der Waals surface area contributed by atoms with E-state index in [0.29, 0.717) is 0 Å². The van der Waals surface area contributed by atoms with Crippen LogP contribution >= 0.6 is 0 Å². The molecule has 4 heteroatoms. The van der Waals surface area contributed by atoms with E-state index in [9.17, 15) is 0 Å². The third-order valence-corrected chi connectivity index (χ3v) is 4.07. The average molecular weight is 285 g/mol. The standard InChI is InChI=1S/C17H23N3O/c1-18-10-14-6-5-9-20(12-14)13-17-19-11-16(21-17)15-7-3-2-4-8-15/h2-4,7-8,11,14,18H,5-6,9-10,12-13H2,1H3. The molecule has 0 radical (unpaired) electrons. The monoisotopic (exact) mass is 285 g/mol. The zero-order chi connectivity index (χ0) is 14.5. The van der Waals surface area contributed by atoms with E-state index in [0.717, 1.165) is 49.3 Å². The first-order valence-corrected chi connectivity index (χ1v) is 7.72. The molecule has 0 aliphatic carbocycles. The molecule has 0 saturated carbocycles. The summed E-state index contributed by atoms with van der Waals surface area (Å²) >= 11 is 0. The maximum absolute atomic E-state index is 5.90. The van der Waals surface area contributed by atoms with E-state index in [1.165, 1.54) is 12.8 Å². The summed E-state index contributed by atoms with van der Waals surface area (Å²) in [7, 11) is 2.03. The van der Waals surface area contributed by atoms with Gasteiger partial charge in [-0.15, -0.1) is 0 Å². The molecule has 112 valence electrons. The van der Waals surface area contributed by atoms with Gasteiger partial charge >= 0.3 is 0 Å². The van der Waals surface area contributed by atoms with Crippen LogP contribution < -0.4 is 5.32 Å². The van der Waals surface area contributed by atoms with E-state index in [4.69, 9.17) is 4.42 Å². The summed E-state index contributed by atoms with van der Waals surface area (Å²) < 4.78 is 5.90. The van der Waals surface area contributed by atoms with Crippen molar-refractivity contribution in [2.75, 3.05) is 26.7 Å². The minimum Gasteiger partial charge on any atom is -0.439 e. The molecule has 1 saturated heterocycles.